The fraction of sp³-hybridized carbons (Fsp3) is 0.750. The predicted octanol–water partition coefficient (Wildman–Crippen LogP) is 1.74. The fourth-order valence-corrected chi connectivity index (χ4v) is 1.72. The third-order valence-electron chi connectivity index (χ3n) is 2.55. The van der Waals surface area contributed by atoms with Gasteiger partial charge in [0.1, 0.15) is 0 Å². The number of carbonyl (C=O) groups excluding carboxylic acids is 1. The molecule has 0 aliphatic heterocycles. The summed E-state index contributed by atoms with van der Waals surface area (Å²) in [5.74, 6) is -0.333. The minimum absolute atomic E-state index is 0.0101. The molecule has 5 nitrogen and oxygen atoms in total. The van der Waals surface area contributed by atoms with Crippen LogP contribution in [0.15, 0.2) is 11.6 Å². The van der Waals surface area contributed by atoms with Crippen molar-refractivity contribution in [2.24, 2.45) is 11.8 Å². The molecule has 6 heteroatoms. The molecule has 0 radical (unpaired) electrons. The average molecular weight is 278 g/mol. The first-order valence-corrected chi connectivity index (χ1v) is 7.69. The highest BCUT2D eigenvalue weighted by atomic mass is 32.2. The van der Waals surface area contributed by atoms with Crippen molar-refractivity contribution in [3.05, 3.63) is 11.6 Å². The van der Waals surface area contributed by atoms with Gasteiger partial charge < -0.3 is 4.74 Å². The van der Waals surface area contributed by atoms with E-state index in [2.05, 4.69) is 0 Å². The van der Waals surface area contributed by atoms with E-state index < -0.39 is 10.1 Å². The Labute approximate surface area is 109 Å². The van der Waals surface area contributed by atoms with Crippen LogP contribution in [0.3, 0.4) is 0 Å². The van der Waals surface area contributed by atoms with Crippen LogP contribution in [-0.4, -0.2) is 33.9 Å². The van der Waals surface area contributed by atoms with Crippen LogP contribution in [-0.2, 0) is 23.8 Å². The molecule has 0 unspecified atom stereocenters. The van der Waals surface area contributed by atoms with Crippen molar-refractivity contribution in [1.29, 1.82) is 0 Å². The van der Waals surface area contributed by atoms with Gasteiger partial charge in [-0.2, -0.15) is 8.42 Å². The van der Waals surface area contributed by atoms with Gasteiger partial charge in [0.05, 0.1) is 19.5 Å². The van der Waals surface area contributed by atoms with Crippen molar-refractivity contribution in [3.8, 4) is 0 Å². The van der Waals surface area contributed by atoms with Crippen LogP contribution < -0.4 is 0 Å². The zero-order chi connectivity index (χ0) is 14.3. The molecule has 0 rings (SSSR count). The van der Waals surface area contributed by atoms with E-state index in [1.54, 1.807) is 19.9 Å². The predicted molar refractivity (Wildman–Crippen MR) is 69.5 cm³/mol. The van der Waals surface area contributed by atoms with Gasteiger partial charge in [0.25, 0.3) is 10.1 Å². The Kier molecular flexibility index (Phi) is 7.16. The van der Waals surface area contributed by atoms with E-state index in [-0.39, 0.29) is 24.4 Å². The van der Waals surface area contributed by atoms with E-state index in [1.807, 2.05) is 13.8 Å². The molecule has 0 aliphatic rings. The summed E-state index contributed by atoms with van der Waals surface area (Å²) < 4.78 is 31.3. The first-order chi connectivity index (χ1) is 8.17. The highest BCUT2D eigenvalue weighted by Crippen LogP contribution is 2.16. The van der Waals surface area contributed by atoms with Crippen LogP contribution in [0.4, 0.5) is 0 Å². The Morgan fingerprint density at radius 3 is 2.33 bits per heavy atom. The van der Waals surface area contributed by atoms with E-state index in [4.69, 9.17) is 8.92 Å². The lowest BCUT2D eigenvalue weighted by Gasteiger charge is -2.16. The zero-order valence-electron chi connectivity index (χ0n) is 11.6. The molecule has 0 aromatic rings. The highest BCUT2D eigenvalue weighted by Gasteiger charge is 2.15. The molecule has 0 aromatic heterocycles. The Morgan fingerprint density at radius 1 is 1.33 bits per heavy atom. The lowest BCUT2D eigenvalue weighted by atomic mass is 9.95. The first-order valence-electron chi connectivity index (χ1n) is 5.87. The fourth-order valence-electron chi connectivity index (χ4n) is 1.25. The van der Waals surface area contributed by atoms with Gasteiger partial charge in [0.2, 0.25) is 0 Å². The summed E-state index contributed by atoms with van der Waals surface area (Å²) in [7, 11) is -3.42. The smallest absolute Gasteiger partial charge is 0.333 e. The second kappa shape index (κ2) is 7.53. The highest BCUT2D eigenvalue weighted by molar-refractivity contribution is 7.85. The van der Waals surface area contributed by atoms with Gasteiger partial charge in [-0.1, -0.05) is 19.9 Å². The van der Waals surface area contributed by atoms with E-state index in [1.165, 1.54) is 0 Å². The summed E-state index contributed by atoms with van der Waals surface area (Å²) in [5, 5.41) is 0. The summed E-state index contributed by atoms with van der Waals surface area (Å²) in [6, 6.07) is 0. The van der Waals surface area contributed by atoms with Crippen LogP contribution in [0.1, 0.15) is 27.7 Å². The van der Waals surface area contributed by atoms with Crippen LogP contribution in [0.25, 0.3) is 0 Å². The SMILES string of the molecule is CCOC(=O)/C(C)=C/[C@H](C)[C@@H](C)COS(C)(=O)=O. The van der Waals surface area contributed by atoms with Crippen molar-refractivity contribution in [2.75, 3.05) is 19.5 Å². The number of rotatable bonds is 7. The van der Waals surface area contributed by atoms with Crippen molar-refractivity contribution < 1.29 is 22.1 Å². The van der Waals surface area contributed by atoms with Crippen molar-refractivity contribution in [1.82, 2.24) is 0 Å². The van der Waals surface area contributed by atoms with Crippen molar-refractivity contribution >= 4 is 16.1 Å². The Hall–Kier alpha value is -0.880. The number of hydrogen-bond donors (Lipinski definition) is 0. The molecule has 0 bridgehead atoms. The largest absolute Gasteiger partial charge is 0.463 e. The van der Waals surface area contributed by atoms with Gasteiger partial charge in [-0.25, -0.2) is 4.79 Å². The van der Waals surface area contributed by atoms with Crippen LogP contribution in [0.2, 0.25) is 0 Å². The number of hydrogen-bond acceptors (Lipinski definition) is 5. The first kappa shape index (κ1) is 17.1. The molecule has 0 saturated carbocycles. The minimum Gasteiger partial charge on any atom is -0.463 e. The molecule has 0 fully saturated rings. The quantitative estimate of drug-likeness (QED) is 0.403. The second-order valence-corrected chi connectivity index (χ2v) is 6.04. The number of esters is 1. The van der Waals surface area contributed by atoms with Gasteiger partial charge in [0, 0.05) is 5.57 Å². The van der Waals surface area contributed by atoms with E-state index >= 15 is 0 Å². The van der Waals surface area contributed by atoms with E-state index in [9.17, 15) is 13.2 Å². The normalized spacial score (nSPS) is 16.2. The Morgan fingerprint density at radius 2 is 1.89 bits per heavy atom. The minimum atomic E-state index is -3.42. The Balaban J connectivity index is 4.42. The number of carbonyl (C=O) groups is 1. The maximum atomic E-state index is 11.4. The second-order valence-electron chi connectivity index (χ2n) is 4.40. The summed E-state index contributed by atoms with van der Waals surface area (Å²) in [5.41, 5.74) is 0.524. The summed E-state index contributed by atoms with van der Waals surface area (Å²) in [6.07, 6.45) is 2.79. The lowest BCUT2D eigenvalue weighted by molar-refractivity contribution is -0.138. The van der Waals surface area contributed by atoms with Gasteiger partial charge in [-0.15, -0.1) is 0 Å². The summed E-state index contributed by atoms with van der Waals surface area (Å²) >= 11 is 0. The summed E-state index contributed by atoms with van der Waals surface area (Å²) in [6.45, 7) is 7.64. The third-order valence-corrected chi connectivity index (χ3v) is 3.12. The van der Waals surface area contributed by atoms with E-state index in [0.29, 0.717) is 12.2 Å². The molecular formula is C12H22O5S. The molecule has 0 amide bonds. The molecule has 2 atom stereocenters. The average Bonchev–Trinajstić information content (AvgIpc) is 2.24. The third kappa shape index (κ3) is 7.45. The number of allylic oxidation sites excluding steroid dienone is 1. The molecule has 0 aliphatic carbocycles. The van der Waals surface area contributed by atoms with Crippen LogP contribution in [0.5, 0.6) is 0 Å². The molecule has 0 aromatic carbocycles. The molecule has 0 spiro atoms. The molecule has 0 N–H and O–H groups in total. The van der Waals surface area contributed by atoms with Gasteiger partial charge >= 0.3 is 5.97 Å². The molecule has 18 heavy (non-hydrogen) atoms. The maximum absolute atomic E-state index is 11.4. The van der Waals surface area contributed by atoms with Crippen molar-refractivity contribution in [2.45, 2.75) is 27.7 Å². The van der Waals surface area contributed by atoms with Crippen LogP contribution >= 0.6 is 0 Å². The van der Waals surface area contributed by atoms with E-state index in [0.717, 1.165) is 6.26 Å². The molecule has 106 valence electrons. The standard InChI is InChI=1S/C12H22O5S/c1-6-16-12(13)10(3)7-9(2)11(4)8-17-18(5,14)15/h7,9,11H,6,8H2,1-5H3/b10-7+/t9-,11-/m0/s1. The topological polar surface area (TPSA) is 69.7 Å². The van der Waals surface area contributed by atoms with Crippen LogP contribution in [0, 0.1) is 11.8 Å². The number of ether oxygens (including phenoxy) is 1. The monoisotopic (exact) mass is 278 g/mol. The molecular weight excluding hydrogens is 256 g/mol. The molecule has 0 heterocycles. The lowest BCUT2D eigenvalue weighted by Crippen LogP contribution is -2.17. The van der Waals surface area contributed by atoms with Gasteiger partial charge in [0.15, 0.2) is 0 Å². The summed E-state index contributed by atoms with van der Waals surface area (Å²) in [4.78, 5) is 11.4. The maximum Gasteiger partial charge on any atom is 0.333 e. The van der Waals surface area contributed by atoms with Gasteiger partial charge in [-0.3, -0.25) is 4.18 Å². The molecule has 0 saturated heterocycles. The van der Waals surface area contributed by atoms with Crippen molar-refractivity contribution in [3.63, 3.8) is 0 Å². The van der Waals surface area contributed by atoms with Gasteiger partial charge in [-0.05, 0) is 25.7 Å². The Bertz CT molecular complexity index is 397. The zero-order valence-corrected chi connectivity index (χ0v) is 12.4.